The zero-order chi connectivity index (χ0) is 24.3. The number of nitrogens with two attached hydrogens (primary N) is 1. The molecule has 0 unspecified atom stereocenters. The monoisotopic (exact) mass is 459 g/mol. The number of benzene rings is 2. The van der Waals surface area contributed by atoms with Crippen molar-refractivity contribution in [3.63, 3.8) is 0 Å². The smallest absolute Gasteiger partial charge is 0.263 e. The fourth-order valence-electron chi connectivity index (χ4n) is 4.16. The Morgan fingerprint density at radius 2 is 1.70 bits per heavy atom. The number of amides is 3. The van der Waals surface area contributed by atoms with Crippen LogP contribution in [0.3, 0.4) is 0 Å². The van der Waals surface area contributed by atoms with Crippen molar-refractivity contribution >= 4 is 17.7 Å². The zero-order valence-corrected chi connectivity index (χ0v) is 18.4. The van der Waals surface area contributed by atoms with Gasteiger partial charge in [0.05, 0.1) is 12.1 Å². The van der Waals surface area contributed by atoms with Crippen molar-refractivity contribution in [2.45, 2.75) is 50.4 Å². The summed E-state index contributed by atoms with van der Waals surface area (Å²) in [4.78, 5) is 41.7. The average molecular weight is 459 g/mol. The predicted molar refractivity (Wildman–Crippen MR) is 116 cm³/mol. The van der Waals surface area contributed by atoms with Crippen molar-refractivity contribution in [2.75, 3.05) is 7.05 Å². The minimum atomic E-state index is -2.05. The molecule has 0 bridgehead atoms. The molecule has 0 saturated carbocycles. The zero-order valence-electron chi connectivity index (χ0n) is 18.4. The third-order valence-electron chi connectivity index (χ3n) is 5.85. The van der Waals surface area contributed by atoms with E-state index in [9.17, 15) is 28.3 Å². The number of hydrogen-bond donors (Lipinski definition) is 2. The number of likely N-dealkylation sites (tertiary alicyclic amines) is 1. The van der Waals surface area contributed by atoms with Crippen molar-refractivity contribution in [2.24, 2.45) is 5.73 Å². The van der Waals surface area contributed by atoms with Gasteiger partial charge in [0, 0.05) is 13.1 Å². The number of aliphatic hydroxyl groups is 1. The van der Waals surface area contributed by atoms with Gasteiger partial charge in [-0.15, -0.1) is 0 Å². The minimum Gasteiger partial charge on any atom is -0.378 e. The molecule has 1 aliphatic heterocycles. The molecule has 3 amide bonds. The summed E-state index contributed by atoms with van der Waals surface area (Å²) in [6.45, 7) is 1.36. The maximum absolute atomic E-state index is 13.6. The third kappa shape index (κ3) is 5.26. The van der Waals surface area contributed by atoms with Gasteiger partial charge < -0.3 is 15.7 Å². The summed E-state index contributed by atoms with van der Waals surface area (Å²) in [6.07, 6.45) is -0.763. The standard InChI is InChI=1S/C24H27F2N3O4/c1-14(27)22(31)29(24(33)21(30)16-11-17(25)13-18(26)12-16)20-10-6-9-19(28(2)23(20)32)15-7-4-3-5-8-15/h3-5,7-8,11-14,19-21,30H,6,9-10,27H2,1-2H3/t14-,19+,20-,21-/m0/s1. The van der Waals surface area contributed by atoms with Gasteiger partial charge >= 0.3 is 0 Å². The van der Waals surface area contributed by atoms with Gasteiger partial charge in [-0.3, -0.25) is 19.3 Å². The highest BCUT2D eigenvalue weighted by Gasteiger charge is 2.42. The minimum absolute atomic E-state index is 0.168. The van der Waals surface area contributed by atoms with Crippen LogP contribution < -0.4 is 5.73 Å². The molecule has 0 aliphatic carbocycles. The summed E-state index contributed by atoms with van der Waals surface area (Å²) >= 11 is 0. The van der Waals surface area contributed by atoms with Crippen LogP contribution in [0, 0.1) is 11.6 Å². The molecule has 0 radical (unpaired) electrons. The average Bonchev–Trinajstić information content (AvgIpc) is 2.92. The van der Waals surface area contributed by atoms with Crippen molar-refractivity contribution in [1.29, 1.82) is 0 Å². The molecule has 1 heterocycles. The molecule has 3 N–H and O–H groups in total. The molecular formula is C24H27F2N3O4. The number of carbonyl (C=O) groups excluding carboxylic acids is 3. The van der Waals surface area contributed by atoms with E-state index in [0.29, 0.717) is 23.8 Å². The lowest BCUT2D eigenvalue weighted by atomic mass is 10.0. The number of likely N-dealkylation sites (N-methyl/N-ethyl adjacent to an activating group) is 1. The first-order valence-corrected chi connectivity index (χ1v) is 10.7. The molecule has 0 spiro atoms. The van der Waals surface area contributed by atoms with Gasteiger partial charge in [0.25, 0.3) is 5.91 Å². The highest BCUT2D eigenvalue weighted by atomic mass is 19.1. The van der Waals surface area contributed by atoms with E-state index in [1.807, 2.05) is 30.3 Å². The van der Waals surface area contributed by atoms with Crippen LogP contribution in [0.15, 0.2) is 48.5 Å². The van der Waals surface area contributed by atoms with E-state index >= 15 is 0 Å². The SMILES string of the molecule is C[C@H](N)C(=O)N(C(=O)[C@@H](O)c1cc(F)cc(F)c1)[C@H]1CCC[C@H](c2ccccc2)N(C)C1=O. The third-order valence-corrected chi connectivity index (χ3v) is 5.85. The van der Waals surface area contributed by atoms with E-state index in [0.717, 1.165) is 17.7 Å². The predicted octanol–water partition coefficient (Wildman–Crippen LogP) is 2.45. The lowest BCUT2D eigenvalue weighted by molar-refractivity contribution is -0.160. The van der Waals surface area contributed by atoms with E-state index in [2.05, 4.69) is 0 Å². The van der Waals surface area contributed by atoms with E-state index in [4.69, 9.17) is 5.73 Å². The van der Waals surface area contributed by atoms with Gasteiger partial charge in [-0.2, -0.15) is 0 Å². The highest BCUT2D eigenvalue weighted by molar-refractivity contribution is 6.03. The van der Waals surface area contributed by atoms with Gasteiger partial charge in [0.1, 0.15) is 17.7 Å². The Labute approximate surface area is 190 Å². The van der Waals surface area contributed by atoms with Crippen molar-refractivity contribution in [1.82, 2.24) is 9.80 Å². The van der Waals surface area contributed by atoms with Crippen molar-refractivity contribution in [3.8, 4) is 0 Å². The van der Waals surface area contributed by atoms with Gasteiger partial charge in [-0.25, -0.2) is 8.78 Å². The van der Waals surface area contributed by atoms with Crippen LogP contribution in [0.2, 0.25) is 0 Å². The molecule has 33 heavy (non-hydrogen) atoms. The van der Waals surface area contributed by atoms with Crippen LogP contribution in [-0.4, -0.2) is 51.8 Å². The summed E-state index contributed by atoms with van der Waals surface area (Å²) in [5.74, 6) is -4.48. The first kappa shape index (κ1) is 24.5. The molecular weight excluding hydrogens is 432 g/mol. The summed E-state index contributed by atoms with van der Waals surface area (Å²) in [7, 11) is 1.59. The van der Waals surface area contributed by atoms with Crippen molar-refractivity contribution in [3.05, 3.63) is 71.3 Å². The van der Waals surface area contributed by atoms with Crippen LogP contribution in [0.25, 0.3) is 0 Å². The van der Waals surface area contributed by atoms with E-state index < -0.39 is 47.5 Å². The number of imide groups is 1. The van der Waals surface area contributed by atoms with Crippen LogP contribution in [0.4, 0.5) is 8.78 Å². The first-order chi connectivity index (χ1) is 15.6. The van der Waals surface area contributed by atoms with Crippen LogP contribution >= 0.6 is 0 Å². The van der Waals surface area contributed by atoms with Gasteiger partial charge in [-0.05, 0) is 49.4 Å². The largest absolute Gasteiger partial charge is 0.378 e. The topological polar surface area (TPSA) is 104 Å². The number of carbonyl (C=O) groups is 3. The summed E-state index contributed by atoms with van der Waals surface area (Å²) < 4.78 is 27.3. The summed E-state index contributed by atoms with van der Waals surface area (Å²) in [6, 6.07) is 8.97. The Hall–Kier alpha value is -3.17. The first-order valence-electron chi connectivity index (χ1n) is 10.7. The molecule has 2 aromatic carbocycles. The number of halogens is 2. The molecule has 176 valence electrons. The Bertz CT molecular complexity index is 1010. The lowest BCUT2D eigenvalue weighted by Crippen LogP contribution is -2.56. The maximum atomic E-state index is 13.6. The Balaban J connectivity index is 1.95. The number of rotatable bonds is 5. The Morgan fingerprint density at radius 1 is 1.09 bits per heavy atom. The van der Waals surface area contributed by atoms with Gasteiger partial charge in [0.15, 0.2) is 6.10 Å². The second-order valence-electron chi connectivity index (χ2n) is 8.26. The van der Waals surface area contributed by atoms with Crippen LogP contribution in [0.1, 0.15) is 49.5 Å². The normalized spacial score (nSPS) is 20.7. The molecule has 2 aromatic rings. The van der Waals surface area contributed by atoms with Gasteiger partial charge in [-0.1, -0.05) is 30.3 Å². The second kappa shape index (κ2) is 10.2. The fraction of sp³-hybridized carbons (Fsp3) is 0.375. The van der Waals surface area contributed by atoms with Crippen LogP contribution in [-0.2, 0) is 14.4 Å². The molecule has 4 atom stereocenters. The second-order valence-corrected chi connectivity index (χ2v) is 8.26. The molecule has 9 heteroatoms. The van der Waals surface area contributed by atoms with E-state index in [-0.39, 0.29) is 18.0 Å². The number of aliphatic hydroxyl groups excluding tert-OH is 1. The molecule has 1 saturated heterocycles. The quantitative estimate of drug-likeness (QED) is 0.715. The summed E-state index contributed by atoms with van der Waals surface area (Å²) in [5.41, 5.74) is 6.29. The highest BCUT2D eigenvalue weighted by Crippen LogP contribution is 2.32. The van der Waals surface area contributed by atoms with E-state index in [1.165, 1.54) is 11.8 Å². The van der Waals surface area contributed by atoms with E-state index in [1.54, 1.807) is 7.05 Å². The molecule has 0 aromatic heterocycles. The number of hydrogen-bond acceptors (Lipinski definition) is 5. The fourth-order valence-corrected chi connectivity index (χ4v) is 4.16. The Kier molecular flexibility index (Phi) is 7.55. The summed E-state index contributed by atoms with van der Waals surface area (Å²) in [5, 5.41) is 10.6. The number of nitrogens with zero attached hydrogens (tertiary/aromatic N) is 2. The van der Waals surface area contributed by atoms with Crippen LogP contribution in [0.5, 0.6) is 0 Å². The Morgan fingerprint density at radius 3 is 2.27 bits per heavy atom. The van der Waals surface area contributed by atoms with Gasteiger partial charge in [0.2, 0.25) is 11.8 Å². The molecule has 7 nitrogen and oxygen atoms in total. The molecule has 1 fully saturated rings. The lowest BCUT2D eigenvalue weighted by Gasteiger charge is -2.34. The molecule has 1 aliphatic rings. The molecule has 3 rings (SSSR count). The van der Waals surface area contributed by atoms with Crippen molar-refractivity contribution < 1.29 is 28.3 Å². The maximum Gasteiger partial charge on any atom is 0.263 e.